The molecule has 0 saturated heterocycles. The number of rotatable bonds is 8. The van der Waals surface area contributed by atoms with E-state index >= 15 is 0 Å². The fraction of sp³-hybridized carbons (Fsp3) is 0.389. The number of nitrogens with zero attached hydrogens (tertiary/aromatic N) is 3. The number of aliphatic imine (C=N–C) groups is 1. The van der Waals surface area contributed by atoms with Gasteiger partial charge < -0.3 is 19.5 Å². The molecular formula is C18H24N4O5. The van der Waals surface area contributed by atoms with Gasteiger partial charge in [-0.1, -0.05) is 0 Å². The normalized spacial score (nSPS) is 11.3. The minimum absolute atomic E-state index is 0.107. The zero-order chi connectivity index (χ0) is 20.0. The van der Waals surface area contributed by atoms with Crippen LogP contribution in [0.3, 0.4) is 0 Å². The monoisotopic (exact) mass is 376 g/mol. The van der Waals surface area contributed by atoms with Crippen molar-refractivity contribution in [1.82, 2.24) is 14.5 Å². The summed E-state index contributed by atoms with van der Waals surface area (Å²) >= 11 is 0. The van der Waals surface area contributed by atoms with Crippen molar-refractivity contribution in [2.24, 2.45) is 4.99 Å². The van der Waals surface area contributed by atoms with Crippen LogP contribution in [0.4, 0.5) is 0 Å². The largest absolute Gasteiger partial charge is 0.497 e. The van der Waals surface area contributed by atoms with Gasteiger partial charge in [-0.2, -0.15) is 0 Å². The molecule has 1 aromatic carbocycles. The van der Waals surface area contributed by atoms with Gasteiger partial charge >= 0.3 is 5.69 Å². The number of aromatic nitrogens is 2. The fourth-order valence-corrected chi connectivity index (χ4v) is 2.48. The predicted molar refractivity (Wildman–Crippen MR) is 103 cm³/mol. The van der Waals surface area contributed by atoms with Crippen LogP contribution in [0.2, 0.25) is 0 Å². The van der Waals surface area contributed by atoms with E-state index in [2.05, 4.69) is 9.98 Å². The van der Waals surface area contributed by atoms with Crippen LogP contribution in [0.1, 0.15) is 12.0 Å². The number of ether oxygens (including phenoxy) is 2. The highest BCUT2D eigenvalue weighted by Crippen LogP contribution is 2.29. The quantitative estimate of drug-likeness (QED) is 0.516. The van der Waals surface area contributed by atoms with E-state index in [0.29, 0.717) is 18.0 Å². The van der Waals surface area contributed by atoms with Gasteiger partial charge in [0.15, 0.2) is 0 Å². The third-order valence-electron chi connectivity index (χ3n) is 3.86. The molecule has 0 atom stereocenters. The molecule has 0 radical (unpaired) electrons. The maximum Gasteiger partial charge on any atom is 0.335 e. The van der Waals surface area contributed by atoms with Gasteiger partial charge in [-0.3, -0.25) is 14.8 Å². The predicted octanol–water partition coefficient (Wildman–Crippen LogP) is 0.619. The van der Waals surface area contributed by atoms with Crippen molar-refractivity contribution >= 4 is 6.21 Å². The van der Waals surface area contributed by atoms with Crippen LogP contribution in [0.5, 0.6) is 17.4 Å². The lowest BCUT2D eigenvalue weighted by atomic mass is 10.2. The summed E-state index contributed by atoms with van der Waals surface area (Å²) in [5.41, 5.74) is -1.39. The summed E-state index contributed by atoms with van der Waals surface area (Å²) in [6, 6.07) is 4.78. The van der Waals surface area contributed by atoms with Crippen LogP contribution >= 0.6 is 0 Å². The number of aromatic hydroxyl groups is 1. The minimum atomic E-state index is -0.797. The van der Waals surface area contributed by atoms with Crippen molar-refractivity contribution in [3.63, 3.8) is 0 Å². The fourth-order valence-electron chi connectivity index (χ4n) is 2.48. The second kappa shape index (κ2) is 9.04. The molecule has 9 heteroatoms. The topological polar surface area (TPSA) is 109 Å². The van der Waals surface area contributed by atoms with E-state index in [9.17, 15) is 14.7 Å². The molecule has 27 heavy (non-hydrogen) atoms. The maximum absolute atomic E-state index is 12.3. The molecule has 1 heterocycles. The van der Waals surface area contributed by atoms with Crippen molar-refractivity contribution in [2.45, 2.75) is 6.42 Å². The van der Waals surface area contributed by atoms with Crippen LogP contribution in [0.25, 0.3) is 5.69 Å². The number of H-pyrrole nitrogens is 1. The van der Waals surface area contributed by atoms with Gasteiger partial charge in [0.25, 0.3) is 5.56 Å². The number of hydrogen-bond acceptors (Lipinski definition) is 7. The lowest BCUT2D eigenvalue weighted by Gasteiger charge is -2.14. The number of methoxy groups -OCH3 is 2. The standard InChI is InChI=1S/C18H24N4O5/c1-21(2)9-5-8-19-11-13-16(23)20-18(25)22(17(13)24)14-10-12(26-3)6-7-15(14)27-4/h6-7,10-11,24H,5,8-9H2,1-4H3,(H,20,23,25). The number of aromatic amines is 1. The van der Waals surface area contributed by atoms with Crippen molar-refractivity contribution in [3.05, 3.63) is 44.6 Å². The third kappa shape index (κ3) is 4.76. The molecule has 0 aliphatic carbocycles. The summed E-state index contributed by atoms with van der Waals surface area (Å²) in [5, 5.41) is 10.6. The van der Waals surface area contributed by atoms with Gasteiger partial charge in [-0.25, -0.2) is 9.36 Å². The van der Waals surface area contributed by atoms with E-state index in [1.165, 1.54) is 26.5 Å². The number of nitrogens with one attached hydrogen (secondary N) is 1. The van der Waals surface area contributed by atoms with Gasteiger partial charge in [0.05, 0.1) is 19.9 Å². The van der Waals surface area contributed by atoms with E-state index in [-0.39, 0.29) is 11.3 Å². The van der Waals surface area contributed by atoms with E-state index in [0.717, 1.165) is 17.5 Å². The molecule has 0 spiro atoms. The van der Waals surface area contributed by atoms with Crippen molar-refractivity contribution in [1.29, 1.82) is 0 Å². The van der Waals surface area contributed by atoms with Gasteiger partial charge in [-0.15, -0.1) is 0 Å². The van der Waals surface area contributed by atoms with Gasteiger partial charge in [0, 0.05) is 18.8 Å². The smallest absolute Gasteiger partial charge is 0.335 e. The van der Waals surface area contributed by atoms with E-state index in [4.69, 9.17) is 9.47 Å². The highest BCUT2D eigenvalue weighted by molar-refractivity contribution is 5.82. The maximum atomic E-state index is 12.3. The van der Waals surface area contributed by atoms with Crippen molar-refractivity contribution < 1.29 is 14.6 Å². The molecule has 2 aromatic rings. The summed E-state index contributed by atoms with van der Waals surface area (Å²) < 4.78 is 11.4. The molecule has 9 nitrogen and oxygen atoms in total. The van der Waals surface area contributed by atoms with Gasteiger partial charge in [0.2, 0.25) is 5.88 Å². The molecule has 0 saturated carbocycles. The Kier molecular flexibility index (Phi) is 6.78. The number of benzene rings is 1. The van der Waals surface area contributed by atoms with Crippen molar-refractivity contribution in [2.75, 3.05) is 41.4 Å². The summed E-state index contributed by atoms with van der Waals surface area (Å²) in [5.74, 6) is 0.267. The first kappa shape index (κ1) is 20.2. The lowest BCUT2D eigenvalue weighted by Crippen LogP contribution is -2.31. The highest BCUT2D eigenvalue weighted by Gasteiger charge is 2.18. The van der Waals surface area contributed by atoms with Crippen LogP contribution in [0, 0.1) is 0 Å². The average molecular weight is 376 g/mol. The Hall–Kier alpha value is -3.07. The van der Waals surface area contributed by atoms with Gasteiger partial charge in [-0.05, 0) is 39.2 Å². The van der Waals surface area contributed by atoms with Crippen LogP contribution < -0.4 is 20.7 Å². The number of hydrogen-bond donors (Lipinski definition) is 2. The zero-order valence-corrected chi connectivity index (χ0v) is 15.9. The Bertz CT molecular complexity index is 930. The average Bonchev–Trinajstić information content (AvgIpc) is 2.63. The molecular weight excluding hydrogens is 352 g/mol. The molecule has 2 rings (SSSR count). The lowest BCUT2D eigenvalue weighted by molar-refractivity contribution is 0.393. The summed E-state index contributed by atoms with van der Waals surface area (Å²) in [4.78, 5) is 32.8. The van der Waals surface area contributed by atoms with Crippen LogP contribution in [-0.4, -0.2) is 67.2 Å². The molecule has 0 amide bonds. The van der Waals surface area contributed by atoms with Crippen LogP contribution in [0.15, 0.2) is 32.8 Å². The summed E-state index contributed by atoms with van der Waals surface area (Å²) in [6.07, 6.45) is 2.07. The van der Waals surface area contributed by atoms with E-state index < -0.39 is 17.1 Å². The Morgan fingerprint density at radius 2 is 2.00 bits per heavy atom. The first-order valence-electron chi connectivity index (χ1n) is 8.34. The third-order valence-corrected chi connectivity index (χ3v) is 3.86. The van der Waals surface area contributed by atoms with E-state index in [1.54, 1.807) is 12.1 Å². The molecule has 0 unspecified atom stereocenters. The van der Waals surface area contributed by atoms with Crippen LogP contribution in [-0.2, 0) is 0 Å². The molecule has 0 aliphatic heterocycles. The van der Waals surface area contributed by atoms with E-state index in [1.807, 2.05) is 19.0 Å². The highest BCUT2D eigenvalue weighted by atomic mass is 16.5. The minimum Gasteiger partial charge on any atom is -0.497 e. The second-order valence-electron chi connectivity index (χ2n) is 6.06. The second-order valence-corrected chi connectivity index (χ2v) is 6.06. The Morgan fingerprint density at radius 3 is 2.63 bits per heavy atom. The molecule has 0 aliphatic rings. The summed E-state index contributed by atoms with van der Waals surface area (Å²) in [7, 11) is 6.83. The Morgan fingerprint density at radius 1 is 1.26 bits per heavy atom. The van der Waals surface area contributed by atoms with Crippen molar-refractivity contribution in [3.8, 4) is 23.1 Å². The Balaban J connectivity index is 2.49. The zero-order valence-electron chi connectivity index (χ0n) is 15.9. The first-order chi connectivity index (χ1) is 12.9. The molecule has 0 fully saturated rings. The van der Waals surface area contributed by atoms with Gasteiger partial charge in [0.1, 0.15) is 17.1 Å². The molecule has 146 valence electrons. The molecule has 0 bridgehead atoms. The summed E-state index contributed by atoms with van der Waals surface area (Å²) in [6.45, 7) is 1.33. The molecule has 2 N–H and O–H groups in total. The first-order valence-corrected chi connectivity index (χ1v) is 8.34. The SMILES string of the molecule is COc1ccc(OC)c(-n2c(O)c(C=NCCCN(C)C)c(=O)[nH]c2=O)c1. The Labute approximate surface area is 156 Å². The molecule has 1 aromatic heterocycles.